The van der Waals surface area contributed by atoms with E-state index >= 15 is 0 Å². The molecule has 0 aliphatic carbocycles. The fourth-order valence-corrected chi connectivity index (χ4v) is 3.03. The van der Waals surface area contributed by atoms with Gasteiger partial charge in [0.1, 0.15) is 0 Å². The molecule has 6 heteroatoms. The summed E-state index contributed by atoms with van der Waals surface area (Å²) in [6.45, 7) is 4.63. The van der Waals surface area contributed by atoms with Gasteiger partial charge in [0.15, 0.2) is 0 Å². The van der Waals surface area contributed by atoms with E-state index in [0.29, 0.717) is 18.7 Å². The Morgan fingerprint density at radius 2 is 1.82 bits per heavy atom. The second kappa shape index (κ2) is 8.78. The molecule has 0 spiro atoms. The molecular formula is C16H26N2O3S. The molecule has 0 atom stereocenters. The van der Waals surface area contributed by atoms with Gasteiger partial charge in [0.25, 0.3) is 0 Å². The molecule has 1 amide bonds. The summed E-state index contributed by atoms with van der Waals surface area (Å²) in [5, 5.41) is 2.77. The molecule has 124 valence electrons. The number of hydrogen-bond acceptors (Lipinski definition) is 3. The molecule has 0 aliphatic heterocycles. The first-order valence-corrected chi connectivity index (χ1v) is 9.56. The number of rotatable bonds is 9. The number of benzene rings is 1. The molecule has 1 aromatic rings. The highest BCUT2D eigenvalue weighted by Gasteiger charge is 2.17. The zero-order valence-corrected chi connectivity index (χ0v) is 14.4. The van der Waals surface area contributed by atoms with Crippen molar-refractivity contribution in [1.29, 1.82) is 0 Å². The van der Waals surface area contributed by atoms with Gasteiger partial charge >= 0.3 is 0 Å². The Bertz CT molecular complexity index is 568. The van der Waals surface area contributed by atoms with Gasteiger partial charge in [-0.3, -0.25) is 9.10 Å². The molecule has 5 nitrogen and oxygen atoms in total. The molecule has 0 heterocycles. The highest BCUT2D eigenvalue weighted by Crippen LogP contribution is 2.18. The minimum absolute atomic E-state index is 0.0309. The summed E-state index contributed by atoms with van der Waals surface area (Å²) in [5.41, 5.74) is 1.78. The highest BCUT2D eigenvalue weighted by molar-refractivity contribution is 7.92. The monoisotopic (exact) mass is 326 g/mol. The Morgan fingerprint density at radius 1 is 1.18 bits per heavy atom. The number of carbonyl (C=O) groups excluding carboxylic acids is 1. The lowest BCUT2D eigenvalue weighted by Gasteiger charge is -2.22. The van der Waals surface area contributed by atoms with E-state index in [9.17, 15) is 13.2 Å². The predicted octanol–water partition coefficient (Wildman–Crippen LogP) is 2.32. The predicted molar refractivity (Wildman–Crippen MR) is 90.5 cm³/mol. The SMILES string of the molecule is CCCCC(=O)NCCN(c1ccc(CC)cc1)S(C)(=O)=O. The van der Waals surface area contributed by atoms with Gasteiger partial charge in [0, 0.05) is 13.0 Å². The summed E-state index contributed by atoms with van der Waals surface area (Å²) < 4.78 is 25.2. The molecule has 0 saturated carbocycles. The maximum Gasteiger partial charge on any atom is 0.232 e. The number of aryl methyl sites for hydroxylation is 1. The minimum atomic E-state index is -3.37. The van der Waals surface area contributed by atoms with E-state index in [2.05, 4.69) is 12.2 Å². The van der Waals surface area contributed by atoms with E-state index in [1.54, 1.807) is 12.1 Å². The van der Waals surface area contributed by atoms with Gasteiger partial charge in [-0.2, -0.15) is 0 Å². The van der Waals surface area contributed by atoms with Crippen LogP contribution in [0.2, 0.25) is 0 Å². The van der Waals surface area contributed by atoms with Crippen LogP contribution in [0.15, 0.2) is 24.3 Å². The summed E-state index contributed by atoms with van der Waals surface area (Å²) in [7, 11) is -3.37. The first-order chi connectivity index (χ1) is 10.4. The first-order valence-electron chi connectivity index (χ1n) is 7.71. The normalized spacial score (nSPS) is 11.2. The third kappa shape index (κ3) is 6.05. The molecule has 1 aromatic carbocycles. The van der Waals surface area contributed by atoms with Crippen molar-refractivity contribution in [3.63, 3.8) is 0 Å². The van der Waals surface area contributed by atoms with Gasteiger partial charge in [-0.15, -0.1) is 0 Å². The maximum atomic E-state index is 11.9. The van der Waals surface area contributed by atoms with Crippen molar-refractivity contribution in [3.8, 4) is 0 Å². The lowest BCUT2D eigenvalue weighted by Crippen LogP contribution is -2.38. The molecule has 0 aromatic heterocycles. The molecule has 1 N–H and O–H groups in total. The van der Waals surface area contributed by atoms with Crippen molar-refractivity contribution in [2.24, 2.45) is 0 Å². The van der Waals surface area contributed by atoms with Crippen LogP contribution in [0.3, 0.4) is 0 Å². The zero-order chi connectivity index (χ0) is 16.6. The van der Waals surface area contributed by atoms with Gasteiger partial charge < -0.3 is 5.32 Å². The van der Waals surface area contributed by atoms with Crippen molar-refractivity contribution in [2.75, 3.05) is 23.7 Å². The van der Waals surface area contributed by atoms with Gasteiger partial charge in [-0.05, 0) is 30.5 Å². The molecule has 22 heavy (non-hydrogen) atoms. The molecule has 0 bridgehead atoms. The number of sulfonamides is 1. The van der Waals surface area contributed by atoms with Crippen LogP contribution in [0.25, 0.3) is 0 Å². The molecule has 1 rings (SSSR count). The summed E-state index contributed by atoms with van der Waals surface area (Å²) >= 11 is 0. The van der Waals surface area contributed by atoms with E-state index < -0.39 is 10.0 Å². The first kappa shape index (κ1) is 18.5. The zero-order valence-electron chi connectivity index (χ0n) is 13.6. The Hall–Kier alpha value is -1.56. The van der Waals surface area contributed by atoms with Crippen molar-refractivity contribution in [3.05, 3.63) is 29.8 Å². The fourth-order valence-electron chi connectivity index (χ4n) is 2.11. The average Bonchev–Trinajstić information content (AvgIpc) is 2.48. The third-order valence-electron chi connectivity index (χ3n) is 3.43. The van der Waals surface area contributed by atoms with Crippen LogP contribution in [0, 0.1) is 0 Å². The Labute approximate surface area is 133 Å². The number of unbranched alkanes of at least 4 members (excludes halogenated alkanes) is 1. The maximum absolute atomic E-state index is 11.9. The molecule has 0 saturated heterocycles. The molecule has 0 fully saturated rings. The second-order valence-electron chi connectivity index (χ2n) is 5.31. The van der Waals surface area contributed by atoms with Crippen LogP contribution in [-0.4, -0.2) is 33.7 Å². The number of hydrogen-bond donors (Lipinski definition) is 1. The van der Waals surface area contributed by atoms with Gasteiger partial charge in [0.2, 0.25) is 15.9 Å². The number of nitrogens with one attached hydrogen (secondary N) is 1. The standard InChI is InChI=1S/C16H26N2O3S/c1-4-6-7-16(19)17-12-13-18(22(3,20)21)15-10-8-14(5-2)9-11-15/h8-11H,4-7,12-13H2,1-3H3,(H,17,19). The minimum Gasteiger partial charge on any atom is -0.354 e. The van der Waals surface area contributed by atoms with Crippen molar-refractivity contribution >= 4 is 21.6 Å². The Kier molecular flexibility index (Phi) is 7.38. The van der Waals surface area contributed by atoms with Crippen LogP contribution in [0.1, 0.15) is 38.7 Å². The number of amides is 1. The van der Waals surface area contributed by atoms with Gasteiger partial charge in [-0.1, -0.05) is 32.4 Å². The third-order valence-corrected chi connectivity index (χ3v) is 4.62. The fraction of sp³-hybridized carbons (Fsp3) is 0.562. The quantitative estimate of drug-likeness (QED) is 0.757. The Balaban J connectivity index is 2.68. The molecule has 0 aliphatic rings. The van der Waals surface area contributed by atoms with Crippen molar-refractivity contribution < 1.29 is 13.2 Å². The van der Waals surface area contributed by atoms with Crippen LogP contribution >= 0.6 is 0 Å². The summed E-state index contributed by atoms with van der Waals surface area (Å²) in [5.74, 6) is -0.0309. The van der Waals surface area contributed by atoms with Crippen LogP contribution in [0.5, 0.6) is 0 Å². The topological polar surface area (TPSA) is 66.5 Å². The number of nitrogens with zero attached hydrogens (tertiary/aromatic N) is 1. The molecule has 0 radical (unpaired) electrons. The summed E-state index contributed by atoms with van der Waals surface area (Å²) in [4.78, 5) is 11.6. The van der Waals surface area contributed by atoms with E-state index in [4.69, 9.17) is 0 Å². The van der Waals surface area contributed by atoms with E-state index in [-0.39, 0.29) is 12.5 Å². The van der Waals surface area contributed by atoms with Crippen LogP contribution < -0.4 is 9.62 Å². The van der Waals surface area contributed by atoms with Gasteiger partial charge in [-0.25, -0.2) is 8.42 Å². The van der Waals surface area contributed by atoms with Crippen molar-refractivity contribution in [2.45, 2.75) is 39.5 Å². The Morgan fingerprint density at radius 3 is 2.32 bits per heavy atom. The number of carbonyl (C=O) groups is 1. The van der Waals surface area contributed by atoms with Crippen molar-refractivity contribution in [1.82, 2.24) is 5.32 Å². The number of anilines is 1. The average molecular weight is 326 g/mol. The van der Waals surface area contributed by atoms with Crippen LogP contribution in [-0.2, 0) is 21.2 Å². The summed E-state index contributed by atoms with van der Waals surface area (Å²) in [6.07, 6.45) is 4.39. The molecular weight excluding hydrogens is 300 g/mol. The second-order valence-corrected chi connectivity index (χ2v) is 7.22. The van der Waals surface area contributed by atoms with Gasteiger partial charge in [0.05, 0.1) is 18.5 Å². The van der Waals surface area contributed by atoms with E-state index in [1.807, 2.05) is 19.1 Å². The van der Waals surface area contributed by atoms with E-state index in [0.717, 1.165) is 24.8 Å². The summed E-state index contributed by atoms with van der Waals surface area (Å²) in [6, 6.07) is 7.46. The lowest BCUT2D eigenvalue weighted by molar-refractivity contribution is -0.121. The molecule has 0 unspecified atom stereocenters. The largest absolute Gasteiger partial charge is 0.354 e. The van der Waals surface area contributed by atoms with Crippen LogP contribution in [0.4, 0.5) is 5.69 Å². The smallest absolute Gasteiger partial charge is 0.232 e. The van der Waals surface area contributed by atoms with E-state index in [1.165, 1.54) is 10.6 Å². The lowest BCUT2D eigenvalue weighted by atomic mass is 10.1. The highest BCUT2D eigenvalue weighted by atomic mass is 32.2.